The van der Waals surface area contributed by atoms with Crippen LogP contribution in [0.4, 0.5) is 0 Å². The normalized spacial score (nSPS) is 15.2. The average molecular weight is 532 g/mol. The molecule has 0 saturated heterocycles. The van der Waals surface area contributed by atoms with Crippen LogP contribution in [0.15, 0.2) is 101 Å². The van der Waals surface area contributed by atoms with E-state index in [4.69, 9.17) is 14.0 Å². The van der Waals surface area contributed by atoms with Crippen LogP contribution in [0.5, 0.6) is 11.5 Å². The van der Waals surface area contributed by atoms with E-state index in [0.717, 1.165) is 34.1 Å². The molecular weight excluding hydrogens is 508 g/mol. The molecule has 0 fully saturated rings. The van der Waals surface area contributed by atoms with Crippen molar-refractivity contribution < 1.29 is 35.1 Å². The summed E-state index contributed by atoms with van der Waals surface area (Å²) in [5.74, 6) is 1.59. The van der Waals surface area contributed by atoms with Crippen molar-refractivity contribution in [1.29, 1.82) is 0 Å². The second-order valence-corrected chi connectivity index (χ2v) is 15.9. The number of hydrogen-bond acceptors (Lipinski definition) is 6. The molecule has 0 aromatic heterocycles. The van der Waals surface area contributed by atoms with Crippen LogP contribution in [0.1, 0.15) is 12.8 Å². The third-order valence-electron chi connectivity index (χ3n) is 4.94. The summed E-state index contributed by atoms with van der Waals surface area (Å²) in [7, 11) is 3.33. The molecule has 0 N–H and O–H groups in total. The van der Waals surface area contributed by atoms with E-state index in [0.29, 0.717) is 0 Å². The number of para-hydroxylation sites is 2. The van der Waals surface area contributed by atoms with Crippen molar-refractivity contribution in [3.8, 4) is 11.5 Å². The first kappa shape index (κ1) is 22.7. The molecule has 0 spiro atoms. The fourth-order valence-corrected chi connectivity index (χ4v) is 13.2. The first-order valence-corrected chi connectivity index (χ1v) is 15.9. The molecule has 160 valence electrons. The zero-order valence-electron chi connectivity index (χ0n) is 17.4. The summed E-state index contributed by atoms with van der Waals surface area (Å²) in [6.45, 7) is 0. The Bertz CT molecular complexity index is 962. The first-order valence-electron chi connectivity index (χ1n) is 9.96. The Balaban J connectivity index is 1.82. The van der Waals surface area contributed by atoms with E-state index >= 15 is 0 Å². The molecule has 0 aliphatic heterocycles. The Kier molecular flexibility index (Phi) is 7.97. The van der Waals surface area contributed by atoms with Crippen molar-refractivity contribution in [1.82, 2.24) is 0 Å². The van der Waals surface area contributed by atoms with E-state index in [1.807, 2.05) is 48.5 Å². The fraction of sp³-hybridized carbons (Fsp3) is 0.167. The minimum absolute atomic E-state index is 0.794. The summed E-state index contributed by atoms with van der Waals surface area (Å²) in [6.07, 6.45) is 14.6. The topological polar surface area (TPSA) is 36.9 Å². The van der Waals surface area contributed by atoms with Gasteiger partial charge in [0.25, 0.3) is 0 Å². The fourth-order valence-electron chi connectivity index (χ4n) is 3.57. The molecule has 2 aromatic carbocycles. The van der Waals surface area contributed by atoms with Crippen molar-refractivity contribution in [2.45, 2.75) is 22.6 Å². The van der Waals surface area contributed by atoms with Crippen molar-refractivity contribution in [2.75, 3.05) is 14.2 Å². The van der Waals surface area contributed by atoms with Crippen LogP contribution in [0, 0.1) is 0 Å². The summed E-state index contributed by atoms with van der Waals surface area (Å²) >= 11 is -1.48. The molecule has 2 aromatic rings. The van der Waals surface area contributed by atoms with Crippen molar-refractivity contribution >= 4 is 24.1 Å². The molecule has 31 heavy (non-hydrogen) atoms. The molecule has 0 unspecified atom stereocenters. The summed E-state index contributed by atoms with van der Waals surface area (Å²) in [4.78, 5) is 1.87. The van der Waals surface area contributed by atoms with Gasteiger partial charge >= 0.3 is 199 Å². The third kappa shape index (κ3) is 5.12. The summed E-state index contributed by atoms with van der Waals surface area (Å²) in [5.41, 5.74) is 0. The van der Waals surface area contributed by atoms with Gasteiger partial charge in [0.15, 0.2) is 0 Å². The molecule has 4 nitrogen and oxygen atoms in total. The summed E-state index contributed by atoms with van der Waals surface area (Å²) in [5, 5.41) is 0. The van der Waals surface area contributed by atoms with Crippen LogP contribution in [-0.2, 0) is 29.5 Å². The van der Waals surface area contributed by atoms with Crippen molar-refractivity contribution in [2.24, 2.45) is 0 Å². The molecule has 0 amide bonds. The Labute approximate surface area is 198 Å². The number of benzene rings is 2. The maximum absolute atomic E-state index is 7.01. The van der Waals surface area contributed by atoms with Gasteiger partial charge in [0.2, 0.25) is 0 Å². The van der Waals surface area contributed by atoms with Gasteiger partial charge in [-0.1, -0.05) is 0 Å². The third-order valence-corrected chi connectivity index (χ3v) is 14.8. The van der Waals surface area contributed by atoms with Gasteiger partial charge in [-0.2, -0.15) is 0 Å². The second-order valence-electron chi connectivity index (χ2n) is 6.86. The Morgan fingerprint density at radius 1 is 0.677 bits per heavy atom. The van der Waals surface area contributed by atoms with Crippen LogP contribution >= 0.6 is 24.1 Å². The van der Waals surface area contributed by atoms with Gasteiger partial charge in [0, 0.05) is 0 Å². The van der Waals surface area contributed by atoms with Crippen molar-refractivity contribution in [3.63, 3.8) is 0 Å². The van der Waals surface area contributed by atoms with Crippen molar-refractivity contribution in [3.05, 3.63) is 91.5 Å². The van der Waals surface area contributed by atoms with Gasteiger partial charge < -0.3 is 0 Å². The molecular formula is C24H24O4S2Zr. The molecule has 0 atom stereocenters. The van der Waals surface area contributed by atoms with E-state index < -0.39 is 21.1 Å². The molecule has 0 saturated carbocycles. The molecule has 0 bridgehead atoms. The predicted molar refractivity (Wildman–Crippen MR) is 124 cm³/mol. The van der Waals surface area contributed by atoms with Crippen LogP contribution in [0.25, 0.3) is 0 Å². The van der Waals surface area contributed by atoms with Gasteiger partial charge in [0.05, 0.1) is 0 Å². The standard InChI is InChI=1S/2C7H8O2S.2C5H5.Zr/c2*1-9-10-7-5-3-2-4-6(7)8;2*1-2-4-5-3-1;/h2*2-5,8H,1H3;2*1-3H,4H2;/q;;;;+2/p-2. The van der Waals surface area contributed by atoms with Crippen LogP contribution in [0.2, 0.25) is 0 Å². The van der Waals surface area contributed by atoms with Gasteiger partial charge in [-0.05, 0) is 0 Å². The SMILES string of the molecule is COSc1ccccc1[O][Zr]([O]c1ccccc1SOC)([C]1=CC=CC1)[C]1=CC=CC1. The number of rotatable bonds is 10. The average Bonchev–Trinajstić information content (AvgIpc) is 3.51. The predicted octanol–water partition coefficient (Wildman–Crippen LogP) is 7.12. The quantitative estimate of drug-likeness (QED) is 0.304. The first-order chi connectivity index (χ1) is 15.3. The zero-order valence-corrected chi connectivity index (χ0v) is 21.5. The number of hydrogen-bond donors (Lipinski definition) is 0. The van der Waals surface area contributed by atoms with Gasteiger partial charge in [0.1, 0.15) is 0 Å². The molecule has 7 heteroatoms. The van der Waals surface area contributed by atoms with E-state index in [2.05, 4.69) is 36.5 Å². The second kappa shape index (κ2) is 10.9. The maximum atomic E-state index is 7.01. The zero-order chi connectivity index (χ0) is 21.5. The summed E-state index contributed by atoms with van der Waals surface area (Å²) in [6, 6.07) is 16.0. The monoisotopic (exact) mass is 530 g/mol. The Hall–Kier alpha value is -1.50. The molecule has 0 radical (unpaired) electrons. The van der Waals surface area contributed by atoms with E-state index in [-0.39, 0.29) is 0 Å². The van der Waals surface area contributed by atoms with Gasteiger partial charge in [-0.25, -0.2) is 0 Å². The van der Waals surface area contributed by atoms with Gasteiger partial charge in [-0.3, -0.25) is 0 Å². The Morgan fingerprint density at radius 3 is 1.52 bits per heavy atom. The van der Waals surface area contributed by atoms with Gasteiger partial charge in [-0.15, -0.1) is 0 Å². The van der Waals surface area contributed by atoms with E-state index in [1.165, 1.54) is 30.6 Å². The van der Waals surface area contributed by atoms with Crippen LogP contribution < -0.4 is 5.63 Å². The molecule has 4 rings (SSSR count). The minimum atomic E-state index is -4.08. The van der Waals surface area contributed by atoms with Crippen LogP contribution in [-0.4, -0.2) is 14.2 Å². The van der Waals surface area contributed by atoms with E-state index in [1.54, 1.807) is 14.2 Å². The molecule has 2 aliphatic rings. The summed E-state index contributed by atoms with van der Waals surface area (Å²) < 4.78 is 27.2. The van der Waals surface area contributed by atoms with Crippen LogP contribution in [0.3, 0.4) is 0 Å². The van der Waals surface area contributed by atoms with E-state index in [9.17, 15) is 0 Å². The number of allylic oxidation sites excluding steroid dienone is 8. The molecule has 0 heterocycles. The molecule has 2 aliphatic carbocycles. The Morgan fingerprint density at radius 2 is 1.13 bits per heavy atom.